The molecule has 0 radical (unpaired) electrons. The lowest BCUT2D eigenvalue weighted by atomic mass is 9.96. The second kappa shape index (κ2) is 7.84. The first-order chi connectivity index (χ1) is 13.7. The fourth-order valence-electron chi connectivity index (χ4n) is 3.61. The van der Waals surface area contributed by atoms with E-state index in [2.05, 4.69) is 16.5 Å². The molecular weight excluding hydrogens is 354 g/mol. The molecule has 1 aromatic heterocycles. The van der Waals surface area contributed by atoms with Crippen LogP contribution in [0.15, 0.2) is 53.3 Å². The van der Waals surface area contributed by atoms with Gasteiger partial charge >= 0.3 is 0 Å². The summed E-state index contributed by atoms with van der Waals surface area (Å²) in [6, 6.07) is 15.1. The molecular formula is C22H23N3O3. The van der Waals surface area contributed by atoms with Crippen LogP contribution in [0.5, 0.6) is 5.75 Å². The summed E-state index contributed by atoms with van der Waals surface area (Å²) in [5.74, 6) is 0.857. The van der Waals surface area contributed by atoms with Gasteiger partial charge in [0.1, 0.15) is 5.75 Å². The molecule has 0 saturated heterocycles. The van der Waals surface area contributed by atoms with Gasteiger partial charge in [-0.05, 0) is 30.5 Å². The molecule has 2 heterocycles. The number of para-hydroxylation sites is 1. The molecule has 1 unspecified atom stereocenters. The fourth-order valence-corrected chi connectivity index (χ4v) is 3.61. The van der Waals surface area contributed by atoms with Gasteiger partial charge in [0.05, 0.1) is 12.0 Å². The minimum absolute atomic E-state index is 0.161. The Bertz CT molecular complexity index is 1070. The SMILES string of the molecule is CCCn1nc(C(=O)NCC2COc3ccccc3C2)c2ccccc2c1=O. The van der Waals surface area contributed by atoms with Crippen LogP contribution in [0.2, 0.25) is 0 Å². The Kier molecular flexibility index (Phi) is 5.10. The van der Waals surface area contributed by atoms with Crippen molar-refractivity contribution in [3.63, 3.8) is 0 Å². The van der Waals surface area contributed by atoms with Crippen molar-refractivity contribution in [1.82, 2.24) is 15.1 Å². The van der Waals surface area contributed by atoms with E-state index >= 15 is 0 Å². The number of aromatic nitrogens is 2. The molecule has 0 saturated carbocycles. The Morgan fingerprint density at radius 1 is 1.18 bits per heavy atom. The highest BCUT2D eigenvalue weighted by atomic mass is 16.5. The van der Waals surface area contributed by atoms with Crippen LogP contribution in [0.25, 0.3) is 10.8 Å². The van der Waals surface area contributed by atoms with Gasteiger partial charge in [-0.15, -0.1) is 0 Å². The number of amides is 1. The zero-order valence-corrected chi connectivity index (χ0v) is 15.9. The molecule has 144 valence electrons. The van der Waals surface area contributed by atoms with Gasteiger partial charge < -0.3 is 10.1 Å². The topological polar surface area (TPSA) is 73.2 Å². The average molecular weight is 377 g/mol. The number of aryl methyl sites for hydroxylation is 1. The van der Waals surface area contributed by atoms with Crippen molar-refractivity contribution in [2.24, 2.45) is 5.92 Å². The van der Waals surface area contributed by atoms with E-state index in [1.807, 2.05) is 31.2 Å². The monoisotopic (exact) mass is 377 g/mol. The molecule has 28 heavy (non-hydrogen) atoms. The van der Waals surface area contributed by atoms with Crippen LogP contribution in [-0.2, 0) is 13.0 Å². The molecule has 0 fully saturated rings. The van der Waals surface area contributed by atoms with Crippen LogP contribution in [0.3, 0.4) is 0 Å². The molecule has 1 atom stereocenters. The van der Waals surface area contributed by atoms with Crippen molar-refractivity contribution in [3.8, 4) is 5.75 Å². The maximum Gasteiger partial charge on any atom is 0.274 e. The third-order valence-electron chi connectivity index (χ3n) is 5.03. The molecule has 0 spiro atoms. The maximum atomic E-state index is 12.9. The number of nitrogens with one attached hydrogen (secondary N) is 1. The third kappa shape index (κ3) is 3.50. The Morgan fingerprint density at radius 2 is 1.93 bits per heavy atom. The largest absolute Gasteiger partial charge is 0.493 e. The van der Waals surface area contributed by atoms with E-state index in [0.717, 1.165) is 24.2 Å². The number of ether oxygens (including phenoxy) is 1. The molecule has 4 rings (SSSR count). The lowest BCUT2D eigenvalue weighted by Gasteiger charge is -2.25. The normalized spacial score (nSPS) is 15.7. The van der Waals surface area contributed by atoms with Crippen LogP contribution < -0.4 is 15.6 Å². The van der Waals surface area contributed by atoms with Crippen molar-refractivity contribution in [2.45, 2.75) is 26.3 Å². The van der Waals surface area contributed by atoms with Crippen molar-refractivity contribution >= 4 is 16.7 Å². The molecule has 2 aromatic carbocycles. The van der Waals surface area contributed by atoms with Gasteiger partial charge in [-0.1, -0.05) is 43.3 Å². The van der Waals surface area contributed by atoms with E-state index in [1.165, 1.54) is 4.68 Å². The summed E-state index contributed by atoms with van der Waals surface area (Å²) in [5.41, 5.74) is 1.29. The predicted molar refractivity (Wildman–Crippen MR) is 108 cm³/mol. The zero-order chi connectivity index (χ0) is 19.5. The van der Waals surface area contributed by atoms with Crippen molar-refractivity contribution in [2.75, 3.05) is 13.2 Å². The second-order valence-electron chi connectivity index (χ2n) is 7.12. The van der Waals surface area contributed by atoms with Gasteiger partial charge in [0, 0.05) is 24.4 Å². The fraction of sp³-hybridized carbons (Fsp3) is 0.318. The smallest absolute Gasteiger partial charge is 0.274 e. The summed E-state index contributed by atoms with van der Waals surface area (Å²) in [4.78, 5) is 25.5. The van der Waals surface area contributed by atoms with Crippen molar-refractivity contribution in [3.05, 3.63) is 70.1 Å². The van der Waals surface area contributed by atoms with Gasteiger partial charge in [0.25, 0.3) is 11.5 Å². The summed E-state index contributed by atoms with van der Waals surface area (Å²) in [6.07, 6.45) is 1.63. The Balaban J connectivity index is 1.54. The van der Waals surface area contributed by atoms with Crippen LogP contribution in [-0.4, -0.2) is 28.8 Å². The standard InChI is InChI=1S/C22H23N3O3/c1-2-11-25-22(27)18-9-5-4-8-17(18)20(24-25)21(26)23-13-15-12-16-7-3-6-10-19(16)28-14-15/h3-10,15H,2,11-14H2,1H3,(H,23,26). The van der Waals surface area contributed by atoms with Gasteiger partial charge in [0.2, 0.25) is 0 Å². The van der Waals surface area contributed by atoms with Crippen molar-refractivity contribution < 1.29 is 9.53 Å². The quantitative estimate of drug-likeness (QED) is 0.742. The summed E-state index contributed by atoms with van der Waals surface area (Å²) in [7, 11) is 0. The average Bonchev–Trinajstić information content (AvgIpc) is 2.74. The molecule has 1 aliphatic heterocycles. The van der Waals surface area contributed by atoms with E-state index < -0.39 is 0 Å². The molecule has 6 heteroatoms. The van der Waals surface area contributed by atoms with Gasteiger partial charge in [-0.3, -0.25) is 9.59 Å². The van der Waals surface area contributed by atoms with Gasteiger partial charge in [0.15, 0.2) is 5.69 Å². The van der Waals surface area contributed by atoms with Crippen molar-refractivity contribution in [1.29, 1.82) is 0 Å². The molecule has 0 aliphatic carbocycles. The van der Waals surface area contributed by atoms with E-state index in [0.29, 0.717) is 36.2 Å². The summed E-state index contributed by atoms with van der Waals surface area (Å²) < 4.78 is 7.18. The maximum absolute atomic E-state index is 12.9. The number of nitrogens with zero attached hydrogens (tertiary/aromatic N) is 2. The zero-order valence-electron chi connectivity index (χ0n) is 15.9. The molecule has 1 N–H and O–H groups in total. The van der Waals surface area contributed by atoms with Crippen LogP contribution in [0.4, 0.5) is 0 Å². The Morgan fingerprint density at radius 3 is 2.75 bits per heavy atom. The molecule has 1 amide bonds. The number of carbonyl (C=O) groups is 1. The first-order valence-electron chi connectivity index (χ1n) is 9.66. The number of hydrogen-bond acceptors (Lipinski definition) is 4. The van der Waals surface area contributed by atoms with Crippen LogP contribution >= 0.6 is 0 Å². The number of rotatable bonds is 5. The highest BCUT2D eigenvalue weighted by molar-refractivity contribution is 6.04. The third-order valence-corrected chi connectivity index (χ3v) is 5.03. The Hall–Kier alpha value is -3.15. The van der Waals surface area contributed by atoms with E-state index in [4.69, 9.17) is 4.74 Å². The van der Waals surface area contributed by atoms with Gasteiger partial charge in [-0.25, -0.2) is 4.68 Å². The predicted octanol–water partition coefficient (Wildman–Crippen LogP) is 2.79. The molecule has 1 aliphatic rings. The number of benzene rings is 2. The first-order valence-corrected chi connectivity index (χ1v) is 9.66. The molecule has 0 bridgehead atoms. The number of carbonyl (C=O) groups excluding carboxylic acids is 1. The lowest BCUT2D eigenvalue weighted by Crippen LogP contribution is -2.36. The number of fused-ring (bicyclic) bond motifs is 2. The van der Waals surface area contributed by atoms with E-state index in [9.17, 15) is 9.59 Å². The van der Waals surface area contributed by atoms with E-state index in [1.54, 1.807) is 18.2 Å². The second-order valence-corrected chi connectivity index (χ2v) is 7.12. The first kappa shape index (κ1) is 18.2. The van der Waals surface area contributed by atoms with Crippen LogP contribution in [0.1, 0.15) is 29.4 Å². The molecule has 6 nitrogen and oxygen atoms in total. The molecule has 3 aromatic rings. The van der Waals surface area contributed by atoms with E-state index in [-0.39, 0.29) is 17.4 Å². The van der Waals surface area contributed by atoms with Crippen LogP contribution in [0, 0.1) is 5.92 Å². The summed E-state index contributed by atoms with van der Waals surface area (Å²) >= 11 is 0. The number of hydrogen-bond donors (Lipinski definition) is 1. The van der Waals surface area contributed by atoms with Gasteiger partial charge in [-0.2, -0.15) is 5.10 Å². The highest BCUT2D eigenvalue weighted by Crippen LogP contribution is 2.26. The minimum atomic E-state index is -0.264. The Labute approximate surface area is 163 Å². The lowest BCUT2D eigenvalue weighted by molar-refractivity contribution is 0.0933. The highest BCUT2D eigenvalue weighted by Gasteiger charge is 2.22. The summed E-state index contributed by atoms with van der Waals surface area (Å²) in [6.45, 7) is 3.53. The minimum Gasteiger partial charge on any atom is -0.493 e. The summed E-state index contributed by atoms with van der Waals surface area (Å²) in [5, 5.41) is 8.44.